The van der Waals surface area contributed by atoms with Gasteiger partial charge in [0.2, 0.25) is 5.91 Å². The third kappa shape index (κ3) is 9.47. The van der Waals surface area contributed by atoms with Crippen LogP contribution >= 0.6 is 0 Å². The summed E-state index contributed by atoms with van der Waals surface area (Å²) in [6, 6.07) is 13.7. The molecular weight excluding hydrogens is 727 g/mol. The largest absolute Gasteiger partial charge is 0.737 e. The van der Waals surface area contributed by atoms with E-state index in [2.05, 4.69) is 17.6 Å². The average molecular weight is 776 g/mol. The maximum absolute atomic E-state index is 15.9. The molecule has 0 unspecified atom stereocenters. The lowest BCUT2D eigenvalue weighted by Crippen LogP contribution is -2.51. The molecule has 16 heteroatoms. The van der Waals surface area contributed by atoms with E-state index in [1.807, 2.05) is 19.3 Å². The minimum Gasteiger partial charge on any atom is -0.497 e. The summed E-state index contributed by atoms with van der Waals surface area (Å²) in [5.41, 5.74) is 6.95. The number of hydrogen-bond donors (Lipinski definition) is 3. The molecule has 2 aliphatic rings. The molecule has 3 aromatic rings. The van der Waals surface area contributed by atoms with E-state index in [9.17, 15) is 19.2 Å². The van der Waals surface area contributed by atoms with Crippen molar-refractivity contribution < 1.29 is 51.3 Å². The molecule has 0 saturated heterocycles. The predicted molar refractivity (Wildman–Crippen MR) is 207 cm³/mol. The Balaban J connectivity index is 1.20. The summed E-state index contributed by atoms with van der Waals surface area (Å²) in [4.78, 5) is 56.1. The molecular formula is C40H48BF2N5O8. The first-order chi connectivity index (χ1) is 26.7. The van der Waals surface area contributed by atoms with E-state index in [0.717, 1.165) is 38.5 Å². The number of nitrogens with one attached hydrogen (secondary N) is 3. The number of benzene rings is 2. The zero-order valence-electron chi connectivity index (χ0n) is 32.5. The van der Waals surface area contributed by atoms with Crippen LogP contribution in [0.3, 0.4) is 0 Å². The van der Waals surface area contributed by atoms with Gasteiger partial charge in [-0.3, -0.25) is 9.59 Å². The zero-order valence-corrected chi connectivity index (χ0v) is 32.5. The first-order valence-corrected chi connectivity index (χ1v) is 18.6. The number of alkyl carbamates (subject to hydrolysis) is 1. The maximum atomic E-state index is 15.9. The average Bonchev–Trinajstić information content (AvgIpc) is 3.66. The van der Waals surface area contributed by atoms with Crippen LogP contribution in [0.2, 0.25) is 0 Å². The minimum absolute atomic E-state index is 0.0450. The lowest BCUT2D eigenvalue weighted by atomic mass is 9.85. The van der Waals surface area contributed by atoms with Gasteiger partial charge in [-0.2, -0.15) is 5.48 Å². The highest BCUT2D eigenvalue weighted by molar-refractivity contribution is 6.58. The standard InChI is InChI=1S/C40H48BF2N5O8/c1-7-8-19-54-32-15-11-29(12-16-32)23-34(38(50)44-24-35(49)46-56-39(51)30-13-17-31(53-6)18-14-30)45-40(52)55-20-9-10-33-36-25(2)21-27(4)47(36)41(42,43)48-28(5)22-26(3)37(33)48/h11-18,21-22,34H,7-10,19-20,23-24H2,1-6H3,(H,44,50)(H,45,52)(H,46,49)/t34-/m0/s1. The van der Waals surface area contributed by atoms with Crippen LogP contribution in [0.15, 0.2) is 71.9 Å². The quantitative estimate of drug-likeness (QED) is 0.0941. The van der Waals surface area contributed by atoms with Crippen LogP contribution in [0.1, 0.15) is 79.3 Å². The zero-order chi connectivity index (χ0) is 40.6. The topological polar surface area (TPSA) is 149 Å². The van der Waals surface area contributed by atoms with Crippen molar-refractivity contribution in [2.75, 3.05) is 26.9 Å². The van der Waals surface area contributed by atoms with Gasteiger partial charge in [-0.1, -0.05) is 25.5 Å². The van der Waals surface area contributed by atoms with Gasteiger partial charge in [-0.25, -0.2) is 9.59 Å². The fourth-order valence-electron chi connectivity index (χ4n) is 6.98. The van der Waals surface area contributed by atoms with Crippen molar-refractivity contribution in [1.82, 2.24) is 20.6 Å². The van der Waals surface area contributed by atoms with Gasteiger partial charge in [0, 0.05) is 36.3 Å². The van der Waals surface area contributed by atoms with Gasteiger partial charge in [0.05, 0.1) is 32.4 Å². The highest BCUT2D eigenvalue weighted by Gasteiger charge is 2.54. The van der Waals surface area contributed by atoms with Crippen molar-refractivity contribution in [3.05, 3.63) is 100 Å². The second-order valence-electron chi connectivity index (χ2n) is 13.8. The van der Waals surface area contributed by atoms with Gasteiger partial charge < -0.3 is 47.3 Å². The van der Waals surface area contributed by atoms with Crippen LogP contribution in [0.25, 0.3) is 5.57 Å². The normalized spacial score (nSPS) is 14.6. The van der Waals surface area contributed by atoms with Gasteiger partial charge in [0.25, 0.3) is 5.91 Å². The lowest BCUT2D eigenvalue weighted by molar-refractivity contribution is -0.363. The fourth-order valence-corrected chi connectivity index (χ4v) is 6.98. The SMILES string of the molecule is CCCCOc1ccc(C[C@H](NC(=O)OCCCC2=C3C(C)=CC(C)=[N+]3[B-](F)(F)n3c(C)cc(C)c32)C(=O)NCC(=O)NOC(=O)c2ccc(OC)cc2)cc1. The highest BCUT2D eigenvalue weighted by atomic mass is 19.2. The van der Waals surface area contributed by atoms with E-state index in [1.54, 1.807) is 62.4 Å². The number of rotatable bonds is 16. The minimum atomic E-state index is -4.10. The smallest absolute Gasteiger partial charge is 0.497 e. The third-order valence-electron chi connectivity index (χ3n) is 9.58. The Morgan fingerprint density at radius 3 is 2.30 bits per heavy atom. The number of allylic oxidation sites excluding steroid dienone is 3. The summed E-state index contributed by atoms with van der Waals surface area (Å²) >= 11 is 0. The Morgan fingerprint density at radius 2 is 1.62 bits per heavy atom. The number of aromatic nitrogens is 1. The molecule has 56 heavy (non-hydrogen) atoms. The number of ether oxygens (including phenoxy) is 3. The van der Waals surface area contributed by atoms with Crippen LogP contribution in [-0.2, 0) is 25.6 Å². The summed E-state index contributed by atoms with van der Waals surface area (Å²) in [6.07, 6.45) is 3.48. The first kappa shape index (κ1) is 41.2. The summed E-state index contributed by atoms with van der Waals surface area (Å²) in [5, 5.41) is 5.05. The van der Waals surface area contributed by atoms with Crippen molar-refractivity contribution in [3.63, 3.8) is 0 Å². The summed E-state index contributed by atoms with van der Waals surface area (Å²) < 4.78 is 50.3. The molecule has 0 saturated carbocycles. The highest BCUT2D eigenvalue weighted by Crippen LogP contribution is 2.43. The second kappa shape index (κ2) is 18.1. The molecule has 0 radical (unpaired) electrons. The molecule has 0 fully saturated rings. The van der Waals surface area contributed by atoms with Crippen molar-refractivity contribution in [3.8, 4) is 11.5 Å². The van der Waals surface area contributed by atoms with Gasteiger partial charge in [-0.05, 0) is 99.3 Å². The molecule has 1 atom stereocenters. The molecule has 2 aliphatic heterocycles. The van der Waals surface area contributed by atoms with Crippen LogP contribution in [0.4, 0.5) is 13.4 Å². The Labute approximate surface area is 324 Å². The Kier molecular flexibility index (Phi) is 13.4. The molecule has 0 aliphatic carbocycles. The number of carbonyl (C=O) groups is 4. The number of nitrogens with zero attached hydrogens (tertiary/aromatic N) is 2. The van der Waals surface area contributed by atoms with Crippen LogP contribution in [0.5, 0.6) is 11.5 Å². The Morgan fingerprint density at radius 1 is 0.929 bits per heavy atom. The number of methoxy groups -OCH3 is 1. The Bertz CT molecular complexity index is 2060. The van der Waals surface area contributed by atoms with E-state index < -0.39 is 43.4 Å². The molecule has 13 nitrogen and oxygen atoms in total. The molecule has 0 spiro atoms. The van der Waals surface area contributed by atoms with Crippen molar-refractivity contribution in [2.24, 2.45) is 0 Å². The molecule has 2 aromatic carbocycles. The van der Waals surface area contributed by atoms with Crippen molar-refractivity contribution in [1.29, 1.82) is 0 Å². The monoisotopic (exact) mass is 775 g/mol. The summed E-state index contributed by atoms with van der Waals surface area (Å²) in [7, 11) is 1.48. The molecule has 0 bridgehead atoms. The third-order valence-corrected chi connectivity index (χ3v) is 9.58. The molecule has 298 valence electrons. The van der Waals surface area contributed by atoms with Gasteiger partial charge in [-0.15, -0.1) is 0 Å². The number of halogens is 2. The number of amides is 3. The molecule has 3 heterocycles. The number of aryl methyl sites for hydroxylation is 2. The van der Waals surface area contributed by atoms with E-state index in [4.69, 9.17) is 19.0 Å². The van der Waals surface area contributed by atoms with E-state index in [1.165, 1.54) is 19.2 Å². The van der Waals surface area contributed by atoms with E-state index >= 15 is 8.63 Å². The second-order valence-corrected chi connectivity index (χ2v) is 13.8. The Hall–Kier alpha value is -5.93. The maximum Gasteiger partial charge on any atom is 0.737 e. The summed E-state index contributed by atoms with van der Waals surface area (Å²) in [6.45, 7) is 4.87. The number of hydroxylamine groups is 1. The van der Waals surface area contributed by atoms with Gasteiger partial charge >= 0.3 is 19.0 Å². The first-order valence-electron chi connectivity index (χ1n) is 18.6. The fraction of sp³-hybridized carbons (Fsp3) is 0.375. The molecule has 3 N–H and O–H groups in total. The number of unbranched alkanes of at least 4 members (excludes halogenated alkanes) is 1. The van der Waals surface area contributed by atoms with E-state index in [-0.39, 0.29) is 18.6 Å². The number of carbonyl (C=O) groups excluding carboxylic acids is 4. The van der Waals surface area contributed by atoms with Crippen molar-refractivity contribution >= 4 is 42.1 Å². The van der Waals surface area contributed by atoms with Crippen LogP contribution < -0.4 is 25.6 Å². The predicted octanol–water partition coefficient (Wildman–Crippen LogP) is 5.80. The van der Waals surface area contributed by atoms with Gasteiger partial charge in [0.15, 0.2) is 5.70 Å². The molecule has 3 amide bonds. The van der Waals surface area contributed by atoms with Gasteiger partial charge in [0.1, 0.15) is 23.3 Å². The number of hydrogen-bond acceptors (Lipinski definition) is 8. The van der Waals surface area contributed by atoms with Crippen LogP contribution in [0, 0.1) is 13.8 Å². The summed E-state index contributed by atoms with van der Waals surface area (Å²) in [5.74, 6) is -1.14. The number of fused-ring (bicyclic) bond motifs is 2. The molecule has 5 rings (SSSR count). The van der Waals surface area contributed by atoms with Crippen LogP contribution in [-0.4, -0.2) is 78.4 Å². The van der Waals surface area contributed by atoms with E-state index in [0.29, 0.717) is 59.3 Å². The lowest BCUT2D eigenvalue weighted by Gasteiger charge is -2.34. The molecule has 1 aromatic heterocycles. The van der Waals surface area contributed by atoms with Crippen molar-refractivity contribution in [2.45, 2.75) is 72.8 Å².